The summed E-state index contributed by atoms with van der Waals surface area (Å²) in [7, 11) is 0. The minimum Gasteiger partial charge on any atom is -0.333 e. The Morgan fingerprint density at radius 2 is 1.85 bits per heavy atom. The molecule has 2 atom stereocenters. The zero-order chi connectivity index (χ0) is 14.0. The van der Waals surface area contributed by atoms with Gasteiger partial charge in [0.2, 0.25) is 0 Å². The normalized spacial score (nSPS) is 22.6. The van der Waals surface area contributed by atoms with Crippen molar-refractivity contribution >= 4 is 18.3 Å². The average Bonchev–Trinajstić information content (AvgIpc) is 2.41. The molecule has 1 aromatic rings. The summed E-state index contributed by atoms with van der Waals surface area (Å²) in [5, 5.41) is 3.40. The fourth-order valence-corrected chi connectivity index (χ4v) is 2.48. The molecule has 112 valence electrons. The van der Waals surface area contributed by atoms with E-state index in [1.54, 1.807) is 0 Å². The molecule has 0 bridgehead atoms. The van der Waals surface area contributed by atoms with Gasteiger partial charge in [0.1, 0.15) is 0 Å². The van der Waals surface area contributed by atoms with Crippen LogP contribution in [0.5, 0.6) is 0 Å². The molecule has 0 aliphatic carbocycles. The van der Waals surface area contributed by atoms with Crippen LogP contribution in [0.1, 0.15) is 49.5 Å². The second-order valence-electron chi connectivity index (χ2n) is 5.89. The van der Waals surface area contributed by atoms with E-state index in [1.807, 2.05) is 17.0 Å². The van der Waals surface area contributed by atoms with Gasteiger partial charge in [-0.2, -0.15) is 0 Å². The Hall–Kier alpha value is -1.06. The predicted molar refractivity (Wildman–Crippen MR) is 85.7 cm³/mol. The number of carbonyl (C=O) groups is 1. The SMILES string of the molecule is CC1CN(C(=O)c2ccc(C(C)C)cc2)C(C)CN1.Cl. The van der Waals surface area contributed by atoms with Crippen LogP contribution in [0.25, 0.3) is 0 Å². The molecule has 3 nitrogen and oxygen atoms in total. The standard InChI is InChI=1S/C16H24N2O.ClH/c1-11(2)14-5-7-15(8-6-14)16(19)18-10-12(3)17-9-13(18)4;/h5-8,11-13,17H,9-10H2,1-4H3;1H. The average molecular weight is 297 g/mol. The second-order valence-corrected chi connectivity index (χ2v) is 5.89. The molecule has 0 saturated carbocycles. The molecule has 2 unspecified atom stereocenters. The third kappa shape index (κ3) is 3.74. The largest absolute Gasteiger partial charge is 0.333 e. The van der Waals surface area contributed by atoms with E-state index in [-0.39, 0.29) is 24.4 Å². The molecule has 1 aromatic carbocycles. The van der Waals surface area contributed by atoms with Crippen molar-refractivity contribution in [3.63, 3.8) is 0 Å². The van der Waals surface area contributed by atoms with Gasteiger partial charge in [-0.1, -0.05) is 26.0 Å². The Morgan fingerprint density at radius 3 is 2.40 bits per heavy atom. The Morgan fingerprint density at radius 1 is 1.25 bits per heavy atom. The molecule has 4 heteroatoms. The van der Waals surface area contributed by atoms with E-state index >= 15 is 0 Å². The quantitative estimate of drug-likeness (QED) is 0.910. The number of halogens is 1. The zero-order valence-corrected chi connectivity index (χ0v) is 13.5. The minimum atomic E-state index is 0. The lowest BCUT2D eigenvalue weighted by Crippen LogP contribution is -2.56. The van der Waals surface area contributed by atoms with Gasteiger partial charge in [-0.05, 0) is 37.5 Å². The van der Waals surface area contributed by atoms with E-state index in [0.29, 0.717) is 12.0 Å². The fourth-order valence-electron chi connectivity index (χ4n) is 2.48. The summed E-state index contributed by atoms with van der Waals surface area (Å²) in [5.41, 5.74) is 2.07. The van der Waals surface area contributed by atoms with Crippen LogP contribution >= 0.6 is 12.4 Å². The van der Waals surface area contributed by atoms with E-state index in [4.69, 9.17) is 0 Å². The summed E-state index contributed by atoms with van der Waals surface area (Å²) >= 11 is 0. The lowest BCUT2D eigenvalue weighted by molar-refractivity contribution is 0.0616. The van der Waals surface area contributed by atoms with E-state index in [2.05, 4.69) is 45.1 Å². The van der Waals surface area contributed by atoms with Crippen LogP contribution in [0.4, 0.5) is 0 Å². The van der Waals surface area contributed by atoms with Crippen molar-refractivity contribution in [2.45, 2.75) is 45.7 Å². The molecule has 2 rings (SSSR count). The van der Waals surface area contributed by atoms with Crippen molar-refractivity contribution in [3.05, 3.63) is 35.4 Å². The summed E-state index contributed by atoms with van der Waals surface area (Å²) in [6.45, 7) is 10.2. The van der Waals surface area contributed by atoms with Gasteiger partial charge >= 0.3 is 0 Å². The first-order valence-electron chi connectivity index (χ1n) is 7.13. The van der Waals surface area contributed by atoms with Gasteiger partial charge < -0.3 is 10.2 Å². The van der Waals surface area contributed by atoms with E-state index in [0.717, 1.165) is 18.7 Å². The van der Waals surface area contributed by atoms with E-state index in [1.165, 1.54) is 5.56 Å². The number of hydrogen-bond acceptors (Lipinski definition) is 2. The molecule has 1 saturated heterocycles. The Bertz CT molecular complexity index is 444. The van der Waals surface area contributed by atoms with Crippen molar-refractivity contribution in [1.82, 2.24) is 10.2 Å². The first kappa shape index (κ1) is 17.0. The highest BCUT2D eigenvalue weighted by atomic mass is 35.5. The molecule has 20 heavy (non-hydrogen) atoms. The zero-order valence-electron chi connectivity index (χ0n) is 12.7. The summed E-state index contributed by atoms with van der Waals surface area (Å²) in [6.07, 6.45) is 0. The highest BCUT2D eigenvalue weighted by molar-refractivity contribution is 5.94. The van der Waals surface area contributed by atoms with Crippen LogP contribution in [0.3, 0.4) is 0 Å². The first-order valence-corrected chi connectivity index (χ1v) is 7.13. The fraction of sp³-hybridized carbons (Fsp3) is 0.562. The van der Waals surface area contributed by atoms with Crippen LogP contribution in [0.15, 0.2) is 24.3 Å². The second kappa shape index (κ2) is 7.09. The molecule has 0 radical (unpaired) electrons. The minimum absolute atomic E-state index is 0. The van der Waals surface area contributed by atoms with Gasteiger partial charge in [-0.3, -0.25) is 4.79 Å². The highest BCUT2D eigenvalue weighted by Crippen LogP contribution is 2.17. The maximum atomic E-state index is 12.5. The van der Waals surface area contributed by atoms with Gasteiger partial charge in [0.05, 0.1) is 0 Å². The molecule has 1 amide bonds. The third-order valence-electron chi connectivity index (χ3n) is 3.85. The van der Waals surface area contributed by atoms with Gasteiger partial charge in [-0.25, -0.2) is 0 Å². The van der Waals surface area contributed by atoms with Crippen LogP contribution < -0.4 is 5.32 Å². The number of carbonyl (C=O) groups excluding carboxylic acids is 1. The van der Waals surface area contributed by atoms with Crippen molar-refractivity contribution in [2.24, 2.45) is 0 Å². The van der Waals surface area contributed by atoms with Crippen molar-refractivity contribution < 1.29 is 4.79 Å². The van der Waals surface area contributed by atoms with E-state index in [9.17, 15) is 4.79 Å². The van der Waals surface area contributed by atoms with Gasteiger partial charge in [0.25, 0.3) is 5.91 Å². The number of hydrogen-bond donors (Lipinski definition) is 1. The molecule has 0 aromatic heterocycles. The highest BCUT2D eigenvalue weighted by Gasteiger charge is 2.27. The maximum absolute atomic E-state index is 12.5. The lowest BCUT2D eigenvalue weighted by Gasteiger charge is -2.37. The molecule has 1 N–H and O–H groups in total. The van der Waals surface area contributed by atoms with Crippen LogP contribution in [-0.4, -0.2) is 36.0 Å². The smallest absolute Gasteiger partial charge is 0.254 e. The molecule has 1 aliphatic heterocycles. The topological polar surface area (TPSA) is 32.3 Å². The number of amides is 1. The van der Waals surface area contributed by atoms with Crippen molar-refractivity contribution in [2.75, 3.05) is 13.1 Å². The van der Waals surface area contributed by atoms with Crippen molar-refractivity contribution in [3.8, 4) is 0 Å². The number of benzene rings is 1. The predicted octanol–water partition coefficient (Wildman–Crippen LogP) is 3.05. The number of piperazine rings is 1. The van der Waals surface area contributed by atoms with Gasteiger partial charge in [0, 0.05) is 30.7 Å². The maximum Gasteiger partial charge on any atom is 0.254 e. The molecular formula is C16H25ClN2O. The summed E-state index contributed by atoms with van der Waals surface area (Å²) in [6, 6.07) is 8.67. The third-order valence-corrected chi connectivity index (χ3v) is 3.85. The summed E-state index contributed by atoms with van der Waals surface area (Å²) in [4.78, 5) is 14.5. The van der Waals surface area contributed by atoms with E-state index < -0.39 is 0 Å². The molecule has 1 heterocycles. The first-order chi connectivity index (χ1) is 8.99. The Labute approximate surface area is 128 Å². The van der Waals surface area contributed by atoms with Crippen molar-refractivity contribution in [1.29, 1.82) is 0 Å². The Balaban J connectivity index is 0.00000200. The molecular weight excluding hydrogens is 272 g/mol. The van der Waals surface area contributed by atoms with Crippen LogP contribution in [0, 0.1) is 0 Å². The summed E-state index contributed by atoms with van der Waals surface area (Å²) in [5.74, 6) is 0.651. The number of nitrogens with one attached hydrogen (secondary N) is 1. The number of rotatable bonds is 2. The molecule has 1 fully saturated rings. The van der Waals surface area contributed by atoms with Gasteiger partial charge in [-0.15, -0.1) is 12.4 Å². The molecule has 0 spiro atoms. The lowest BCUT2D eigenvalue weighted by atomic mass is 10.0. The van der Waals surface area contributed by atoms with Crippen LogP contribution in [0.2, 0.25) is 0 Å². The Kier molecular flexibility index (Phi) is 6.03. The van der Waals surface area contributed by atoms with Crippen LogP contribution in [-0.2, 0) is 0 Å². The number of nitrogens with zero attached hydrogens (tertiary/aromatic N) is 1. The molecule has 1 aliphatic rings. The monoisotopic (exact) mass is 296 g/mol. The summed E-state index contributed by atoms with van der Waals surface area (Å²) < 4.78 is 0. The van der Waals surface area contributed by atoms with Gasteiger partial charge in [0.15, 0.2) is 0 Å².